The van der Waals surface area contributed by atoms with Crippen molar-refractivity contribution in [2.75, 3.05) is 6.61 Å². The Hall–Kier alpha value is -2.37. The fourth-order valence-electron chi connectivity index (χ4n) is 1.50. The van der Waals surface area contributed by atoms with E-state index in [1.165, 1.54) is 25.1 Å². The molecule has 0 aliphatic carbocycles. The maximum atomic E-state index is 11.7. The van der Waals surface area contributed by atoms with Crippen LogP contribution in [0.25, 0.3) is 5.57 Å². The van der Waals surface area contributed by atoms with Gasteiger partial charge in [-0.2, -0.15) is 0 Å². The number of aliphatic hydroxyl groups excluding tert-OH is 1. The SMILES string of the molecule is CCOC(=O)/C(=C(/C)O)c1ccccc1[N+](=O)[O-]. The molecule has 0 saturated carbocycles. The van der Waals surface area contributed by atoms with Gasteiger partial charge in [0.05, 0.1) is 17.1 Å². The molecule has 1 rings (SSSR count). The molecule has 0 aromatic heterocycles. The molecule has 0 spiro atoms. The monoisotopic (exact) mass is 251 g/mol. The Morgan fingerprint density at radius 1 is 1.44 bits per heavy atom. The highest BCUT2D eigenvalue weighted by molar-refractivity contribution is 6.18. The number of esters is 1. The number of rotatable bonds is 4. The highest BCUT2D eigenvalue weighted by atomic mass is 16.6. The van der Waals surface area contributed by atoms with E-state index in [4.69, 9.17) is 4.74 Å². The molecule has 6 nitrogen and oxygen atoms in total. The number of aliphatic hydroxyl groups is 1. The van der Waals surface area contributed by atoms with E-state index in [0.717, 1.165) is 0 Å². The van der Waals surface area contributed by atoms with Gasteiger partial charge >= 0.3 is 5.97 Å². The molecular formula is C12H13NO5. The van der Waals surface area contributed by atoms with Gasteiger partial charge in [-0.1, -0.05) is 12.1 Å². The number of hydrogen-bond acceptors (Lipinski definition) is 5. The van der Waals surface area contributed by atoms with Crippen LogP contribution in [0.1, 0.15) is 19.4 Å². The first kappa shape index (κ1) is 13.7. The molecule has 1 N–H and O–H groups in total. The van der Waals surface area contributed by atoms with E-state index in [1.54, 1.807) is 13.0 Å². The van der Waals surface area contributed by atoms with Crippen LogP contribution in [0.4, 0.5) is 5.69 Å². The molecule has 0 fully saturated rings. The third-order valence-corrected chi connectivity index (χ3v) is 2.21. The maximum absolute atomic E-state index is 11.7. The fourth-order valence-corrected chi connectivity index (χ4v) is 1.50. The van der Waals surface area contributed by atoms with Gasteiger partial charge in [0.2, 0.25) is 0 Å². The van der Waals surface area contributed by atoms with Crippen LogP contribution in [0.15, 0.2) is 30.0 Å². The number of hydrogen-bond donors (Lipinski definition) is 1. The molecule has 0 unspecified atom stereocenters. The average Bonchev–Trinajstić information content (AvgIpc) is 2.29. The minimum Gasteiger partial charge on any atom is -0.512 e. The van der Waals surface area contributed by atoms with Gasteiger partial charge in [-0.05, 0) is 19.9 Å². The summed E-state index contributed by atoms with van der Waals surface area (Å²) in [4.78, 5) is 22.0. The van der Waals surface area contributed by atoms with Crippen molar-refractivity contribution in [3.05, 3.63) is 45.7 Å². The van der Waals surface area contributed by atoms with Crippen molar-refractivity contribution in [2.45, 2.75) is 13.8 Å². The first-order chi connectivity index (χ1) is 8.49. The average molecular weight is 251 g/mol. The lowest BCUT2D eigenvalue weighted by molar-refractivity contribution is -0.385. The van der Waals surface area contributed by atoms with Crippen molar-refractivity contribution in [1.82, 2.24) is 0 Å². The summed E-state index contributed by atoms with van der Waals surface area (Å²) in [5.74, 6) is -1.10. The molecule has 0 radical (unpaired) electrons. The first-order valence-electron chi connectivity index (χ1n) is 5.29. The fraction of sp³-hybridized carbons (Fsp3) is 0.250. The zero-order chi connectivity index (χ0) is 13.7. The van der Waals surface area contributed by atoms with Gasteiger partial charge in [0.25, 0.3) is 5.69 Å². The maximum Gasteiger partial charge on any atom is 0.342 e. The quantitative estimate of drug-likeness (QED) is 0.292. The summed E-state index contributed by atoms with van der Waals surface area (Å²) in [6, 6.07) is 5.68. The largest absolute Gasteiger partial charge is 0.512 e. The number of nitrogens with zero attached hydrogens (tertiary/aromatic N) is 1. The molecule has 0 saturated heterocycles. The van der Waals surface area contributed by atoms with Crippen LogP contribution in [0, 0.1) is 10.1 Å². The lowest BCUT2D eigenvalue weighted by Gasteiger charge is -2.08. The van der Waals surface area contributed by atoms with E-state index in [2.05, 4.69) is 0 Å². The standard InChI is InChI=1S/C12H13NO5/c1-3-18-12(15)11(8(2)14)9-6-4-5-7-10(9)13(16)17/h4-7,14H,3H2,1-2H3/b11-8-. The Morgan fingerprint density at radius 3 is 2.56 bits per heavy atom. The number of ether oxygens (including phenoxy) is 1. The van der Waals surface area contributed by atoms with Gasteiger partial charge in [0, 0.05) is 6.07 Å². The van der Waals surface area contributed by atoms with Crippen molar-refractivity contribution in [3.8, 4) is 0 Å². The number of para-hydroxylation sites is 1. The number of carbonyl (C=O) groups excluding carboxylic acids is 1. The Labute approximate surface area is 104 Å². The van der Waals surface area contributed by atoms with Crippen LogP contribution >= 0.6 is 0 Å². The highest BCUT2D eigenvalue weighted by Gasteiger charge is 2.24. The van der Waals surface area contributed by atoms with Crippen molar-refractivity contribution in [3.63, 3.8) is 0 Å². The van der Waals surface area contributed by atoms with Gasteiger partial charge in [-0.25, -0.2) is 4.79 Å². The number of carbonyl (C=O) groups is 1. The topological polar surface area (TPSA) is 89.7 Å². The molecule has 6 heteroatoms. The third-order valence-electron chi connectivity index (χ3n) is 2.21. The molecule has 0 aliphatic rings. The first-order valence-corrected chi connectivity index (χ1v) is 5.29. The van der Waals surface area contributed by atoms with Crippen LogP contribution in [0.3, 0.4) is 0 Å². The molecular weight excluding hydrogens is 238 g/mol. The summed E-state index contributed by atoms with van der Waals surface area (Å²) in [7, 11) is 0. The summed E-state index contributed by atoms with van der Waals surface area (Å²) in [6.07, 6.45) is 0. The Balaban J connectivity index is 3.37. The smallest absolute Gasteiger partial charge is 0.342 e. The van der Waals surface area contributed by atoms with Crippen molar-refractivity contribution in [2.24, 2.45) is 0 Å². The van der Waals surface area contributed by atoms with E-state index < -0.39 is 10.9 Å². The van der Waals surface area contributed by atoms with Crippen molar-refractivity contribution >= 4 is 17.2 Å². The van der Waals surface area contributed by atoms with E-state index in [9.17, 15) is 20.0 Å². The van der Waals surface area contributed by atoms with Crippen molar-refractivity contribution in [1.29, 1.82) is 0 Å². The molecule has 0 atom stereocenters. The summed E-state index contributed by atoms with van der Waals surface area (Å²) >= 11 is 0. The zero-order valence-corrected chi connectivity index (χ0v) is 10.0. The lowest BCUT2D eigenvalue weighted by atomic mass is 10.0. The van der Waals surface area contributed by atoms with Crippen LogP contribution < -0.4 is 0 Å². The van der Waals surface area contributed by atoms with Crippen LogP contribution in [0.5, 0.6) is 0 Å². The Morgan fingerprint density at radius 2 is 2.06 bits per heavy atom. The molecule has 1 aromatic carbocycles. The van der Waals surface area contributed by atoms with Crippen molar-refractivity contribution < 1.29 is 19.6 Å². The van der Waals surface area contributed by atoms with Crippen LogP contribution in [0.2, 0.25) is 0 Å². The number of nitro groups is 1. The predicted molar refractivity (Wildman–Crippen MR) is 65.0 cm³/mol. The van der Waals surface area contributed by atoms with Crippen LogP contribution in [-0.2, 0) is 9.53 Å². The van der Waals surface area contributed by atoms with E-state index in [1.807, 2.05) is 0 Å². The van der Waals surface area contributed by atoms with Gasteiger partial charge in [-0.15, -0.1) is 0 Å². The second-order valence-electron chi connectivity index (χ2n) is 3.46. The molecule has 0 amide bonds. The number of benzene rings is 1. The van der Waals surface area contributed by atoms with E-state index >= 15 is 0 Å². The zero-order valence-electron chi connectivity index (χ0n) is 10.0. The van der Waals surface area contributed by atoms with E-state index in [0.29, 0.717) is 0 Å². The lowest BCUT2D eigenvalue weighted by Crippen LogP contribution is -2.10. The molecule has 0 heterocycles. The minimum absolute atomic E-state index is 0.0425. The van der Waals surface area contributed by atoms with Gasteiger partial charge in [0.15, 0.2) is 0 Å². The number of nitro benzene ring substituents is 1. The second-order valence-corrected chi connectivity index (χ2v) is 3.46. The molecule has 0 bridgehead atoms. The summed E-state index contributed by atoms with van der Waals surface area (Å²) in [5.41, 5.74) is -0.404. The molecule has 0 aliphatic heterocycles. The Bertz CT molecular complexity index is 503. The predicted octanol–water partition coefficient (Wildman–Crippen LogP) is 2.45. The second kappa shape index (κ2) is 5.81. The minimum atomic E-state index is -0.785. The molecule has 1 aromatic rings. The molecule has 18 heavy (non-hydrogen) atoms. The highest BCUT2D eigenvalue weighted by Crippen LogP contribution is 2.28. The normalized spacial score (nSPS) is 11.7. The summed E-state index contributed by atoms with van der Waals surface area (Å²) in [5, 5.41) is 20.4. The van der Waals surface area contributed by atoms with Crippen LogP contribution in [-0.4, -0.2) is 22.6 Å². The molecule has 96 valence electrons. The van der Waals surface area contributed by atoms with E-state index in [-0.39, 0.29) is 29.2 Å². The third kappa shape index (κ3) is 2.85. The van der Waals surface area contributed by atoms with Gasteiger partial charge in [-0.3, -0.25) is 10.1 Å². The van der Waals surface area contributed by atoms with Gasteiger partial charge < -0.3 is 9.84 Å². The summed E-state index contributed by atoms with van der Waals surface area (Å²) < 4.78 is 4.78. The Kier molecular flexibility index (Phi) is 4.42. The summed E-state index contributed by atoms with van der Waals surface area (Å²) in [6.45, 7) is 3.01. The number of allylic oxidation sites excluding steroid dienone is 1. The van der Waals surface area contributed by atoms with Gasteiger partial charge in [0.1, 0.15) is 11.3 Å².